The molecule has 2 saturated heterocycles. The van der Waals surface area contributed by atoms with E-state index in [0.29, 0.717) is 13.0 Å². The van der Waals surface area contributed by atoms with E-state index in [1.54, 1.807) is 0 Å². The van der Waals surface area contributed by atoms with Crippen molar-refractivity contribution < 1.29 is 17.7 Å². The molecule has 0 radical (unpaired) electrons. The van der Waals surface area contributed by atoms with Gasteiger partial charge in [0.1, 0.15) is 0 Å². The van der Waals surface area contributed by atoms with E-state index >= 15 is 0 Å². The van der Waals surface area contributed by atoms with Crippen molar-refractivity contribution in [1.29, 1.82) is 0 Å². The summed E-state index contributed by atoms with van der Waals surface area (Å²) in [7, 11) is -3.34. The van der Waals surface area contributed by atoms with E-state index in [1.165, 1.54) is 6.26 Å². The molecule has 0 aromatic heterocycles. The van der Waals surface area contributed by atoms with Gasteiger partial charge < -0.3 is 14.2 Å². The fourth-order valence-electron chi connectivity index (χ4n) is 3.13. The maximum Gasteiger partial charge on any atom is 0.494 e. The summed E-state index contributed by atoms with van der Waals surface area (Å²) in [5, 5.41) is -0.264. The Morgan fingerprint density at radius 1 is 1.08 bits per heavy atom. The van der Waals surface area contributed by atoms with Crippen LogP contribution in [-0.4, -0.2) is 51.3 Å². The Hall–Kier alpha value is -1.05. The molecule has 2 aliphatic rings. The van der Waals surface area contributed by atoms with Crippen LogP contribution >= 0.6 is 0 Å². The first-order valence-corrected chi connectivity index (χ1v) is 10.3. The normalized spacial score (nSPS) is 26.1. The molecule has 7 heteroatoms. The van der Waals surface area contributed by atoms with Crippen molar-refractivity contribution in [3.8, 4) is 0 Å². The Morgan fingerprint density at radius 2 is 1.62 bits per heavy atom. The van der Waals surface area contributed by atoms with Gasteiger partial charge >= 0.3 is 7.12 Å². The number of hydrogen-bond donors (Lipinski definition) is 0. The number of sulfone groups is 1. The maximum atomic E-state index is 11.7. The van der Waals surface area contributed by atoms with E-state index in [0.717, 1.165) is 17.7 Å². The molecule has 0 aliphatic carbocycles. The molecule has 0 spiro atoms. The van der Waals surface area contributed by atoms with E-state index in [9.17, 15) is 8.42 Å². The van der Waals surface area contributed by atoms with Gasteiger partial charge in [0, 0.05) is 25.0 Å². The van der Waals surface area contributed by atoms with Gasteiger partial charge in [-0.05, 0) is 51.7 Å². The Balaban J connectivity index is 1.71. The number of rotatable bonds is 3. The molecular formula is C17H26BNO4S. The minimum absolute atomic E-state index is 0.264. The Bertz CT molecular complexity index is 699. The predicted octanol–water partition coefficient (Wildman–Crippen LogP) is 1.61. The molecule has 0 amide bonds. The third-order valence-electron chi connectivity index (χ3n) is 5.53. The molecule has 1 aromatic rings. The van der Waals surface area contributed by atoms with Crippen LogP contribution in [0.4, 0.5) is 5.69 Å². The highest BCUT2D eigenvalue weighted by Gasteiger charge is 2.51. The zero-order valence-corrected chi connectivity index (χ0v) is 15.9. The van der Waals surface area contributed by atoms with E-state index < -0.39 is 9.84 Å². The topological polar surface area (TPSA) is 55.8 Å². The van der Waals surface area contributed by atoms with Gasteiger partial charge in [0.15, 0.2) is 9.84 Å². The summed E-state index contributed by atoms with van der Waals surface area (Å²) in [6, 6.07) is 8.05. The summed E-state index contributed by atoms with van der Waals surface area (Å²) in [6.45, 7) is 9.49. The fraction of sp³-hybridized carbons (Fsp3) is 0.647. The Labute approximate surface area is 145 Å². The van der Waals surface area contributed by atoms with Crippen molar-refractivity contribution in [1.82, 2.24) is 0 Å². The van der Waals surface area contributed by atoms with Crippen molar-refractivity contribution in [3.05, 3.63) is 24.3 Å². The highest BCUT2D eigenvalue weighted by atomic mass is 32.2. The fourth-order valence-corrected chi connectivity index (χ4v) is 4.12. The average Bonchev–Trinajstić information content (AvgIpc) is 3.02. The lowest BCUT2D eigenvalue weighted by molar-refractivity contribution is 0.00578. The molecule has 3 rings (SSSR count). The standard InChI is InChI=1S/C17H26BNO4S/c1-16(2)17(3,4)23-18(22-16)13-6-8-14(9-7-13)19-11-10-15(12-19)24(5,20)21/h6-9,15H,10-12H2,1-5H3/t15-/m0/s1. The molecule has 132 valence electrons. The molecular weight excluding hydrogens is 325 g/mol. The summed E-state index contributed by atoms with van der Waals surface area (Å²) in [6.07, 6.45) is 2.01. The van der Waals surface area contributed by atoms with Crippen LogP contribution in [0.3, 0.4) is 0 Å². The van der Waals surface area contributed by atoms with Gasteiger partial charge in [-0.3, -0.25) is 0 Å². The van der Waals surface area contributed by atoms with Crippen LogP contribution in [0.5, 0.6) is 0 Å². The van der Waals surface area contributed by atoms with Crippen molar-refractivity contribution >= 4 is 28.1 Å². The molecule has 1 atom stereocenters. The third kappa shape index (κ3) is 3.21. The van der Waals surface area contributed by atoms with Crippen LogP contribution in [0.15, 0.2) is 24.3 Å². The van der Waals surface area contributed by atoms with Gasteiger partial charge in [-0.2, -0.15) is 0 Å². The second-order valence-electron chi connectivity index (χ2n) is 7.87. The molecule has 0 N–H and O–H groups in total. The Kier molecular flexibility index (Phi) is 4.26. The lowest BCUT2D eigenvalue weighted by atomic mass is 9.79. The first-order valence-electron chi connectivity index (χ1n) is 8.39. The summed E-state index contributed by atoms with van der Waals surface area (Å²) >= 11 is 0. The monoisotopic (exact) mass is 351 g/mol. The number of anilines is 1. The van der Waals surface area contributed by atoms with Gasteiger partial charge in [0.2, 0.25) is 0 Å². The lowest BCUT2D eigenvalue weighted by Crippen LogP contribution is -2.41. The van der Waals surface area contributed by atoms with E-state index in [1.807, 2.05) is 52.0 Å². The van der Waals surface area contributed by atoms with Gasteiger partial charge in [0.25, 0.3) is 0 Å². The molecule has 1 aromatic carbocycles. The molecule has 2 heterocycles. The van der Waals surface area contributed by atoms with Crippen molar-refractivity contribution in [2.24, 2.45) is 0 Å². The average molecular weight is 351 g/mol. The first-order chi connectivity index (χ1) is 11.0. The smallest absolute Gasteiger partial charge is 0.399 e. The molecule has 2 aliphatic heterocycles. The number of nitrogens with zero attached hydrogens (tertiary/aromatic N) is 1. The van der Waals surface area contributed by atoms with Crippen LogP contribution in [0, 0.1) is 0 Å². The molecule has 2 fully saturated rings. The van der Waals surface area contributed by atoms with Crippen LogP contribution < -0.4 is 10.4 Å². The van der Waals surface area contributed by atoms with Crippen LogP contribution in [0.2, 0.25) is 0 Å². The van der Waals surface area contributed by atoms with E-state index in [4.69, 9.17) is 9.31 Å². The highest BCUT2D eigenvalue weighted by Crippen LogP contribution is 2.36. The number of hydrogen-bond acceptors (Lipinski definition) is 5. The quantitative estimate of drug-likeness (QED) is 0.775. The molecule has 0 unspecified atom stereocenters. The van der Waals surface area contributed by atoms with Crippen LogP contribution in [0.25, 0.3) is 0 Å². The van der Waals surface area contributed by atoms with Crippen molar-refractivity contribution in [3.63, 3.8) is 0 Å². The molecule has 24 heavy (non-hydrogen) atoms. The minimum Gasteiger partial charge on any atom is -0.399 e. The second kappa shape index (κ2) is 5.75. The highest BCUT2D eigenvalue weighted by molar-refractivity contribution is 7.91. The van der Waals surface area contributed by atoms with E-state index in [-0.39, 0.29) is 23.6 Å². The van der Waals surface area contributed by atoms with Gasteiger partial charge in [-0.25, -0.2) is 8.42 Å². The zero-order valence-electron chi connectivity index (χ0n) is 15.1. The largest absolute Gasteiger partial charge is 0.494 e. The van der Waals surface area contributed by atoms with Gasteiger partial charge in [-0.1, -0.05) is 12.1 Å². The SMILES string of the molecule is CC1(C)OB(c2ccc(N3CC[C@H](S(C)(=O)=O)C3)cc2)OC1(C)C. The summed E-state index contributed by atoms with van der Waals surface area (Å²) in [5.74, 6) is 0. The Morgan fingerprint density at radius 3 is 2.08 bits per heavy atom. The van der Waals surface area contributed by atoms with E-state index in [2.05, 4.69) is 4.90 Å². The first kappa shape index (κ1) is 17.8. The van der Waals surface area contributed by atoms with Gasteiger partial charge in [0.05, 0.1) is 16.5 Å². The van der Waals surface area contributed by atoms with Gasteiger partial charge in [-0.15, -0.1) is 0 Å². The summed E-state index contributed by atoms with van der Waals surface area (Å²) in [4.78, 5) is 2.12. The third-order valence-corrected chi connectivity index (χ3v) is 7.13. The van der Waals surface area contributed by atoms with Crippen molar-refractivity contribution in [2.75, 3.05) is 24.2 Å². The second-order valence-corrected chi connectivity index (χ2v) is 10.2. The van der Waals surface area contributed by atoms with Crippen molar-refractivity contribution in [2.45, 2.75) is 50.6 Å². The minimum atomic E-state index is -2.97. The lowest BCUT2D eigenvalue weighted by Gasteiger charge is -2.32. The molecule has 0 saturated carbocycles. The van der Waals surface area contributed by atoms with Crippen LogP contribution in [0.1, 0.15) is 34.1 Å². The van der Waals surface area contributed by atoms with Crippen LogP contribution in [-0.2, 0) is 19.1 Å². The molecule has 5 nitrogen and oxygen atoms in total. The summed E-state index contributed by atoms with van der Waals surface area (Å²) in [5.41, 5.74) is 1.32. The summed E-state index contributed by atoms with van der Waals surface area (Å²) < 4.78 is 35.5. The zero-order chi connectivity index (χ0) is 17.8. The number of benzene rings is 1. The maximum absolute atomic E-state index is 11.7. The molecule has 0 bridgehead atoms. The predicted molar refractivity (Wildman–Crippen MR) is 97.6 cm³/mol.